The van der Waals surface area contributed by atoms with Crippen LogP contribution in [0.2, 0.25) is 0 Å². The number of rotatable bonds is 5. The summed E-state index contributed by atoms with van der Waals surface area (Å²) in [5, 5.41) is 2.63. The number of fused-ring (bicyclic) bond motifs is 1. The van der Waals surface area contributed by atoms with Gasteiger partial charge in [-0.3, -0.25) is 4.79 Å². The van der Waals surface area contributed by atoms with Crippen LogP contribution in [-0.2, 0) is 11.3 Å². The molecule has 28 heavy (non-hydrogen) atoms. The molecule has 0 radical (unpaired) electrons. The molecule has 1 saturated heterocycles. The van der Waals surface area contributed by atoms with Crippen molar-refractivity contribution in [3.05, 3.63) is 53.6 Å². The van der Waals surface area contributed by atoms with Crippen LogP contribution in [0.25, 0.3) is 0 Å². The van der Waals surface area contributed by atoms with Gasteiger partial charge in [0.25, 0.3) is 5.91 Å². The van der Waals surface area contributed by atoms with Crippen molar-refractivity contribution < 1.29 is 32.8 Å². The van der Waals surface area contributed by atoms with Gasteiger partial charge in [-0.15, -0.1) is 0 Å². The number of carbonyl (C=O) groups is 1. The molecule has 0 saturated carbocycles. The van der Waals surface area contributed by atoms with Gasteiger partial charge in [-0.05, 0) is 30.3 Å². The molecule has 2 heterocycles. The van der Waals surface area contributed by atoms with Gasteiger partial charge in [-0.1, -0.05) is 0 Å². The fourth-order valence-electron chi connectivity index (χ4n) is 3.66. The number of hydrogen-bond acceptors (Lipinski definition) is 3. The summed E-state index contributed by atoms with van der Waals surface area (Å²) in [7, 11) is 0. The summed E-state index contributed by atoms with van der Waals surface area (Å²) in [4.78, 5) is 14.8. The van der Waals surface area contributed by atoms with Gasteiger partial charge in [0.05, 0.1) is 0 Å². The smallest absolute Gasteiger partial charge is 0.279 e. The van der Waals surface area contributed by atoms with Crippen LogP contribution < -0.4 is 24.6 Å². The Hall–Kier alpha value is -2.71. The van der Waals surface area contributed by atoms with Crippen LogP contribution in [0.5, 0.6) is 11.5 Å². The second kappa shape index (κ2) is 8.12. The van der Waals surface area contributed by atoms with Crippen LogP contribution in [0.1, 0.15) is 5.56 Å². The Balaban J connectivity index is 1.23. The molecular formula is C20H23F2N3O3+2. The van der Waals surface area contributed by atoms with E-state index in [-0.39, 0.29) is 18.4 Å². The van der Waals surface area contributed by atoms with Gasteiger partial charge in [0.2, 0.25) is 6.79 Å². The molecule has 2 aromatic rings. The number of carbonyl (C=O) groups excluding carboxylic acids is 1. The summed E-state index contributed by atoms with van der Waals surface area (Å²) >= 11 is 0. The molecule has 1 fully saturated rings. The number of benzene rings is 2. The normalized spacial score (nSPS) is 20.8. The summed E-state index contributed by atoms with van der Waals surface area (Å²) in [5.74, 6) is -0.494. The first-order valence-corrected chi connectivity index (χ1v) is 9.37. The number of anilines is 1. The maximum Gasteiger partial charge on any atom is 0.279 e. The van der Waals surface area contributed by atoms with Gasteiger partial charge in [-0.25, -0.2) is 8.78 Å². The van der Waals surface area contributed by atoms with E-state index in [4.69, 9.17) is 9.47 Å². The predicted molar refractivity (Wildman–Crippen MR) is 97.5 cm³/mol. The molecule has 0 atom stereocenters. The predicted octanol–water partition coefficient (Wildman–Crippen LogP) is -0.384. The van der Waals surface area contributed by atoms with Crippen LogP contribution in [0.3, 0.4) is 0 Å². The minimum Gasteiger partial charge on any atom is -0.454 e. The quantitative estimate of drug-likeness (QED) is 0.651. The molecule has 1 amide bonds. The average molecular weight is 391 g/mol. The van der Waals surface area contributed by atoms with E-state index in [0.717, 1.165) is 56.4 Å². The van der Waals surface area contributed by atoms with Crippen molar-refractivity contribution in [2.45, 2.75) is 6.54 Å². The Labute approximate surface area is 161 Å². The fraction of sp³-hybridized carbons (Fsp3) is 0.350. The Morgan fingerprint density at radius 3 is 2.46 bits per heavy atom. The summed E-state index contributed by atoms with van der Waals surface area (Å²) in [5.41, 5.74) is 1.48. The van der Waals surface area contributed by atoms with Gasteiger partial charge in [-0.2, -0.15) is 0 Å². The molecule has 0 aromatic heterocycles. The van der Waals surface area contributed by atoms with Crippen molar-refractivity contribution >= 4 is 11.6 Å². The van der Waals surface area contributed by atoms with Crippen molar-refractivity contribution in [3.63, 3.8) is 0 Å². The zero-order valence-electron chi connectivity index (χ0n) is 15.4. The molecule has 2 aliphatic rings. The highest BCUT2D eigenvalue weighted by molar-refractivity contribution is 5.91. The minimum absolute atomic E-state index is 0.194. The SMILES string of the molecule is O=C(C[NH+]1CC[NH+](Cc2ccc3c(c2)OCO3)CC1)Nc1ccc(F)c(F)c1. The highest BCUT2D eigenvalue weighted by Crippen LogP contribution is 2.32. The van der Waals surface area contributed by atoms with Crippen molar-refractivity contribution in [3.8, 4) is 11.5 Å². The molecule has 0 aliphatic carbocycles. The van der Waals surface area contributed by atoms with Gasteiger partial charge in [0.1, 0.15) is 32.7 Å². The Morgan fingerprint density at radius 1 is 0.929 bits per heavy atom. The molecule has 2 aliphatic heterocycles. The highest BCUT2D eigenvalue weighted by Gasteiger charge is 2.25. The topological polar surface area (TPSA) is 56.4 Å². The zero-order valence-corrected chi connectivity index (χ0v) is 15.4. The Kier molecular flexibility index (Phi) is 5.40. The number of piperazine rings is 1. The van der Waals surface area contributed by atoms with Crippen LogP contribution in [0, 0.1) is 11.6 Å². The highest BCUT2D eigenvalue weighted by atomic mass is 19.2. The van der Waals surface area contributed by atoms with E-state index < -0.39 is 11.6 Å². The lowest BCUT2D eigenvalue weighted by Gasteiger charge is -2.29. The Bertz CT molecular complexity index is 870. The van der Waals surface area contributed by atoms with Crippen molar-refractivity contribution in [2.24, 2.45) is 0 Å². The number of amides is 1. The molecule has 148 valence electrons. The molecule has 2 aromatic carbocycles. The second-order valence-electron chi connectivity index (χ2n) is 7.22. The number of quaternary nitrogens is 2. The molecule has 4 rings (SSSR count). The monoisotopic (exact) mass is 391 g/mol. The van der Waals surface area contributed by atoms with Crippen molar-refractivity contribution in [1.29, 1.82) is 0 Å². The van der Waals surface area contributed by atoms with Crippen LogP contribution in [0.15, 0.2) is 36.4 Å². The number of nitrogens with one attached hydrogen (secondary N) is 3. The maximum atomic E-state index is 13.2. The third kappa shape index (κ3) is 4.40. The van der Waals surface area contributed by atoms with E-state index in [1.165, 1.54) is 21.4 Å². The first kappa shape index (κ1) is 18.6. The lowest BCUT2D eigenvalue weighted by molar-refractivity contribution is -1.02. The lowest BCUT2D eigenvalue weighted by atomic mass is 10.1. The van der Waals surface area contributed by atoms with E-state index in [2.05, 4.69) is 11.4 Å². The molecule has 8 heteroatoms. The van der Waals surface area contributed by atoms with E-state index in [1.807, 2.05) is 12.1 Å². The van der Waals surface area contributed by atoms with Crippen LogP contribution in [-0.4, -0.2) is 45.4 Å². The summed E-state index contributed by atoms with van der Waals surface area (Å²) in [6.07, 6.45) is 0. The summed E-state index contributed by atoms with van der Waals surface area (Å²) in [6, 6.07) is 9.41. The van der Waals surface area contributed by atoms with Gasteiger partial charge in [0.15, 0.2) is 29.7 Å². The van der Waals surface area contributed by atoms with Gasteiger partial charge in [0, 0.05) is 17.3 Å². The largest absolute Gasteiger partial charge is 0.454 e. The first-order chi connectivity index (χ1) is 13.6. The average Bonchev–Trinajstić information content (AvgIpc) is 3.14. The van der Waals surface area contributed by atoms with Crippen molar-refractivity contribution in [2.75, 3.05) is 44.8 Å². The van der Waals surface area contributed by atoms with Crippen molar-refractivity contribution in [1.82, 2.24) is 0 Å². The standard InChI is InChI=1S/C20H21F2N3O3/c21-16-3-2-15(10-17(16)22)23-20(26)12-25-7-5-24(6-8-25)11-14-1-4-18-19(9-14)28-13-27-18/h1-4,9-10H,5-8,11-13H2,(H,23,26)/p+2. The van der Waals surface area contributed by atoms with E-state index in [9.17, 15) is 13.6 Å². The zero-order chi connectivity index (χ0) is 19.5. The number of halogens is 2. The third-order valence-corrected chi connectivity index (χ3v) is 5.17. The van der Waals surface area contributed by atoms with Gasteiger partial charge >= 0.3 is 0 Å². The number of ether oxygens (including phenoxy) is 2. The van der Waals surface area contributed by atoms with E-state index in [1.54, 1.807) is 0 Å². The minimum atomic E-state index is -0.967. The molecule has 6 nitrogen and oxygen atoms in total. The lowest BCUT2D eigenvalue weighted by Crippen LogP contribution is -3.28. The van der Waals surface area contributed by atoms with Crippen LogP contribution >= 0.6 is 0 Å². The molecule has 0 unspecified atom stereocenters. The molecule has 3 N–H and O–H groups in total. The number of hydrogen-bond donors (Lipinski definition) is 3. The second-order valence-corrected chi connectivity index (χ2v) is 7.22. The van der Waals surface area contributed by atoms with E-state index >= 15 is 0 Å². The fourth-order valence-corrected chi connectivity index (χ4v) is 3.66. The molecule has 0 bridgehead atoms. The summed E-state index contributed by atoms with van der Waals surface area (Å²) in [6.45, 7) is 5.18. The third-order valence-electron chi connectivity index (χ3n) is 5.17. The maximum absolute atomic E-state index is 13.2. The Morgan fingerprint density at radius 2 is 1.68 bits per heavy atom. The molecular weight excluding hydrogens is 368 g/mol. The summed E-state index contributed by atoms with van der Waals surface area (Å²) < 4.78 is 37.0. The first-order valence-electron chi connectivity index (χ1n) is 9.37. The van der Waals surface area contributed by atoms with E-state index in [0.29, 0.717) is 6.54 Å². The van der Waals surface area contributed by atoms with Crippen LogP contribution in [0.4, 0.5) is 14.5 Å². The molecule has 0 spiro atoms. The van der Waals surface area contributed by atoms with Gasteiger partial charge < -0.3 is 24.6 Å².